The maximum absolute atomic E-state index is 5.94. The van der Waals surface area contributed by atoms with Crippen LogP contribution in [0.2, 0.25) is 0 Å². The summed E-state index contributed by atoms with van der Waals surface area (Å²) in [6, 6.07) is 3.86. The second-order valence-electron chi connectivity index (χ2n) is 8.94. The summed E-state index contributed by atoms with van der Waals surface area (Å²) in [4.78, 5) is 14.6. The van der Waals surface area contributed by atoms with E-state index in [2.05, 4.69) is 26.2 Å². The van der Waals surface area contributed by atoms with Gasteiger partial charge in [0, 0.05) is 44.0 Å². The zero-order chi connectivity index (χ0) is 19.2. The number of anilines is 2. The van der Waals surface area contributed by atoms with Crippen LogP contribution in [0.5, 0.6) is 0 Å². The topological polar surface area (TPSA) is 70.3 Å². The molecular weight excluding hydrogens is 348 g/mol. The van der Waals surface area contributed by atoms with Crippen LogP contribution in [0, 0.1) is 0 Å². The predicted octanol–water partition coefficient (Wildman–Crippen LogP) is 3.39. The van der Waals surface area contributed by atoms with Crippen LogP contribution in [0.25, 0.3) is 0 Å². The van der Waals surface area contributed by atoms with Crippen LogP contribution in [0.4, 0.5) is 11.8 Å². The smallest absolute Gasteiger partial charge is 0.224 e. The van der Waals surface area contributed by atoms with Gasteiger partial charge in [-0.15, -0.1) is 0 Å². The Balaban J connectivity index is 1.40. The largest absolute Gasteiger partial charge is 0.356 e. The van der Waals surface area contributed by atoms with Crippen molar-refractivity contribution in [2.45, 2.75) is 88.8 Å². The third kappa shape index (κ3) is 4.95. The molecule has 3 N–H and O–H groups in total. The molecule has 2 atom stereocenters. The van der Waals surface area contributed by atoms with E-state index in [1.165, 1.54) is 57.8 Å². The standard InChI is InChI=1S/C22H38N6/c23-12-10-20-16-18(17-28(20)19-8-4-3-5-9-19)25-22-24-13-11-21(26-22)27-14-6-1-2-7-15-27/h11,13,18-20H,1-10,12,14-17,23H2,(H,24,25,26). The molecule has 6 nitrogen and oxygen atoms in total. The van der Waals surface area contributed by atoms with Crippen LogP contribution in [-0.2, 0) is 0 Å². The molecule has 0 spiro atoms. The third-order valence-corrected chi connectivity index (χ3v) is 6.90. The molecule has 3 aliphatic rings. The lowest BCUT2D eigenvalue weighted by atomic mass is 9.93. The van der Waals surface area contributed by atoms with Crippen molar-refractivity contribution in [3.63, 3.8) is 0 Å². The molecular formula is C22H38N6. The van der Waals surface area contributed by atoms with Crippen molar-refractivity contribution in [1.82, 2.24) is 14.9 Å². The van der Waals surface area contributed by atoms with E-state index in [9.17, 15) is 0 Å². The van der Waals surface area contributed by atoms with E-state index in [4.69, 9.17) is 10.7 Å². The van der Waals surface area contributed by atoms with Crippen LogP contribution in [0.1, 0.15) is 70.6 Å². The summed E-state index contributed by atoms with van der Waals surface area (Å²) in [7, 11) is 0. The van der Waals surface area contributed by atoms with Gasteiger partial charge in [0.1, 0.15) is 5.82 Å². The first-order valence-electron chi connectivity index (χ1n) is 11.6. The number of nitrogens with zero attached hydrogens (tertiary/aromatic N) is 4. The van der Waals surface area contributed by atoms with E-state index in [1.54, 1.807) is 0 Å². The van der Waals surface area contributed by atoms with E-state index in [0.717, 1.165) is 56.8 Å². The number of nitrogens with one attached hydrogen (secondary N) is 1. The van der Waals surface area contributed by atoms with Gasteiger partial charge in [-0.05, 0) is 51.1 Å². The van der Waals surface area contributed by atoms with Gasteiger partial charge in [-0.3, -0.25) is 4.90 Å². The maximum atomic E-state index is 5.94. The van der Waals surface area contributed by atoms with Gasteiger partial charge in [0.25, 0.3) is 0 Å². The molecule has 0 bridgehead atoms. The zero-order valence-electron chi connectivity index (χ0n) is 17.4. The average molecular weight is 387 g/mol. The van der Waals surface area contributed by atoms with Crippen LogP contribution >= 0.6 is 0 Å². The molecule has 1 aromatic rings. The summed E-state index contributed by atoms with van der Waals surface area (Å²) in [5.41, 5.74) is 5.94. The van der Waals surface area contributed by atoms with E-state index in [0.29, 0.717) is 12.1 Å². The minimum Gasteiger partial charge on any atom is -0.356 e. The van der Waals surface area contributed by atoms with Gasteiger partial charge in [-0.25, -0.2) is 4.98 Å². The van der Waals surface area contributed by atoms with Crippen molar-refractivity contribution >= 4 is 11.8 Å². The Labute approximate surface area is 170 Å². The molecule has 1 aliphatic carbocycles. The second-order valence-corrected chi connectivity index (χ2v) is 8.94. The molecule has 1 aromatic heterocycles. The minimum absolute atomic E-state index is 0.429. The lowest BCUT2D eigenvalue weighted by Crippen LogP contribution is -2.41. The molecule has 6 heteroatoms. The van der Waals surface area contributed by atoms with Gasteiger partial charge < -0.3 is 16.0 Å². The Kier molecular flexibility index (Phi) is 7.02. The average Bonchev–Trinajstić information content (AvgIpc) is 2.93. The Hall–Kier alpha value is -1.40. The van der Waals surface area contributed by atoms with Crippen molar-refractivity contribution < 1.29 is 0 Å². The molecule has 2 unspecified atom stereocenters. The highest BCUT2D eigenvalue weighted by Gasteiger charge is 2.36. The van der Waals surface area contributed by atoms with Crippen molar-refractivity contribution in [2.75, 3.05) is 36.4 Å². The SMILES string of the molecule is NCCC1CC(Nc2nccc(N3CCCCCC3)n2)CN1C1CCCCC1. The maximum Gasteiger partial charge on any atom is 0.224 e. The van der Waals surface area contributed by atoms with Gasteiger partial charge in [0.05, 0.1) is 0 Å². The molecule has 4 rings (SSSR count). The summed E-state index contributed by atoms with van der Waals surface area (Å²) >= 11 is 0. The molecule has 0 radical (unpaired) electrons. The van der Waals surface area contributed by atoms with Crippen LogP contribution in [0.3, 0.4) is 0 Å². The molecule has 1 saturated carbocycles. The molecule has 156 valence electrons. The number of likely N-dealkylation sites (tertiary alicyclic amines) is 1. The second kappa shape index (κ2) is 9.88. The monoisotopic (exact) mass is 386 g/mol. The van der Waals surface area contributed by atoms with E-state index in [-0.39, 0.29) is 0 Å². The van der Waals surface area contributed by atoms with Crippen LogP contribution < -0.4 is 16.0 Å². The van der Waals surface area contributed by atoms with Crippen molar-refractivity contribution in [2.24, 2.45) is 5.73 Å². The van der Waals surface area contributed by atoms with Gasteiger partial charge in [-0.1, -0.05) is 32.1 Å². The summed E-state index contributed by atoms with van der Waals surface area (Å²) < 4.78 is 0. The van der Waals surface area contributed by atoms with E-state index >= 15 is 0 Å². The lowest BCUT2D eigenvalue weighted by Gasteiger charge is -2.35. The third-order valence-electron chi connectivity index (χ3n) is 6.90. The molecule has 3 fully saturated rings. The van der Waals surface area contributed by atoms with Gasteiger partial charge in [0.15, 0.2) is 0 Å². The van der Waals surface area contributed by atoms with Crippen LogP contribution in [-0.4, -0.2) is 59.2 Å². The molecule has 0 aromatic carbocycles. The van der Waals surface area contributed by atoms with E-state index < -0.39 is 0 Å². The normalized spacial score (nSPS) is 27.7. The number of hydrogen-bond acceptors (Lipinski definition) is 6. The summed E-state index contributed by atoms with van der Waals surface area (Å²) in [6.07, 6.45) is 16.3. The first kappa shape index (κ1) is 19.9. The number of nitrogens with two attached hydrogens (primary N) is 1. The van der Waals surface area contributed by atoms with Gasteiger partial charge in [-0.2, -0.15) is 4.98 Å². The summed E-state index contributed by atoms with van der Waals surface area (Å²) in [6.45, 7) is 4.12. The molecule has 2 saturated heterocycles. The fourth-order valence-electron chi connectivity index (χ4n) is 5.46. The molecule has 28 heavy (non-hydrogen) atoms. The number of aromatic nitrogens is 2. The highest BCUT2D eigenvalue weighted by molar-refractivity contribution is 5.43. The minimum atomic E-state index is 0.429. The molecule has 2 aliphatic heterocycles. The van der Waals surface area contributed by atoms with Gasteiger partial charge >= 0.3 is 0 Å². The first-order chi connectivity index (χ1) is 13.8. The van der Waals surface area contributed by atoms with Crippen molar-refractivity contribution in [3.8, 4) is 0 Å². The van der Waals surface area contributed by atoms with E-state index in [1.807, 2.05) is 6.20 Å². The summed E-state index contributed by atoms with van der Waals surface area (Å²) in [5.74, 6) is 1.88. The molecule has 0 amide bonds. The Morgan fingerprint density at radius 3 is 2.54 bits per heavy atom. The van der Waals surface area contributed by atoms with Crippen LogP contribution in [0.15, 0.2) is 12.3 Å². The lowest BCUT2D eigenvalue weighted by molar-refractivity contribution is 0.137. The highest BCUT2D eigenvalue weighted by Crippen LogP contribution is 2.31. The van der Waals surface area contributed by atoms with Crippen molar-refractivity contribution in [3.05, 3.63) is 12.3 Å². The number of hydrogen-bond donors (Lipinski definition) is 2. The predicted molar refractivity (Wildman–Crippen MR) is 116 cm³/mol. The Bertz CT molecular complexity index is 594. The zero-order valence-corrected chi connectivity index (χ0v) is 17.4. The quantitative estimate of drug-likeness (QED) is 0.781. The Morgan fingerprint density at radius 2 is 1.79 bits per heavy atom. The van der Waals surface area contributed by atoms with Gasteiger partial charge in [0.2, 0.25) is 5.95 Å². The fourth-order valence-corrected chi connectivity index (χ4v) is 5.46. The van der Waals surface area contributed by atoms with Crippen molar-refractivity contribution in [1.29, 1.82) is 0 Å². The number of rotatable bonds is 6. The summed E-state index contributed by atoms with van der Waals surface area (Å²) in [5, 5.41) is 3.66. The first-order valence-corrected chi connectivity index (χ1v) is 11.6. The highest BCUT2D eigenvalue weighted by atomic mass is 15.3. The Morgan fingerprint density at radius 1 is 1.04 bits per heavy atom. The fraction of sp³-hybridized carbons (Fsp3) is 0.818. The molecule has 3 heterocycles.